The third kappa shape index (κ3) is 3.61. The standard InChI is InChI=1S/C20H16ClNO/c21-18-14-8-7-13-17(18)19(15-9-3-1-4-10-15)22-20(23)16-11-5-2-6-12-16/h1-14,19H,(H,22,23). The second-order valence-electron chi connectivity index (χ2n) is 5.20. The van der Waals surface area contributed by atoms with Gasteiger partial charge in [-0.2, -0.15) is 0 Å². The Kier molecular flexibility index (Phi) is 4.74. The molecule has 3 heteroatoms. The predicted octanol–water partition coefficient (Wildman–Crippen LogP) is 4.86. The van der Waals surface area contributed by atoms with Gasteiger partial charge in [-0.3, -0.25) is 4.79 Å². The minimum Gasteiger partial charge on any atom is -0.341 e. The molecule has 0 radical (unpaired) electrons. The van der Waals surface area contributed by atoms with Crippen LogP contribution in [0, 0.1) is 0 Å². The van der Waals surface area contributed by atoms with Gasteiger partial charge >= 0.3 is 0 Å². The van der Waals surface area contributed by atoms with E-state index in [9.17, 15) is 4.79 Å². The van der Waals surface area contributed by atoms with Gasteiger partial charge in [0.1, 0.15) is 0 Å². The maximum Gasteiger partial charge on any atom is 0.252 e. The Morgan fingerprint density at radius 2 is 1.35 bits per heavy atom. The lowest BCUT2D eigenvalue weighted by Gasteiger charge is -2.21. The summed E-state index contributed by atoms with van der Waals surface area (Å²) in [4.78, 5) is 12.6. The first kappa shape index (κ1) is 15.3. The van der Waals surface area contributed by atoms with Crippen LogP contribution >= 0.6 is 11.6 Å². The molecule has 0 aromatic heterocycles. The van der Waals surface area contributed by atoms with Crippen LogP contribution in [-0.4, -0.2) is 5.91 Å². The summed E-state index contributed by atoms with van der Waals surface area (Å²) in [6.07, 6.45) is 0. The zero-order valence-corrected chi connectivity index (χ0v) is 13.2. The SMILES string of the molecule is O=C(NC(c1ccccc1)c1ccccc1Cl)c1ccccc1. The number of carbonyl (C=O) groups excluding carboxylic acids is 1. The third-order valence-electron chi connectivity index (χ3n) is 3.66. The predicted molar refractivity (Wildman–Crippen MR) is 93.6 cm³/mol. The second-order valence-corrected chi connectivity index (χ2v) is 5.61. The molecule has 1 N–H and O–H groups in total. The lowest BCUT2D eigenvalue weighted by molar-refractivity contribution is 0.0943. The van der Waals surface area contributed by atoms with Crippen LogP contribution in [0.15, 0.2) is 84.9 Å². The molecule has 3 rings (SSSR count). The zero-order valence-electron chi connectivity index (χ0n) is 12.4. The van der Waals surface area contributed by atoms with Gasteiger partial charge in [0.15, 0.2) is 0 Å². The minimum absolute atomic E-state index is 0.126. The quantitative estimate of drug-likeness (QED) is 0.730. The van der Waals surface area contributed by atoms with E-state index in [-0.39, 0.29) is 11.9 Å². The van der Waals surface area contributed by atoms with Crippen LogP contribution in [0.4, 0.5) is 0 Å². The highest BCUT2D eigenvalue weighted by Gasteiger charge is 2.19. The van der Waals surface area contributed by atoms with Crippen molar-refractivity contribution in [1.29, 1.82) is 0 Å². The molecule has 1 amide bonds. The van der Waals surface area contributed by atoms with Crippen LogP contribution < -0.4 is 5.32 Å². The number of rotatable bonds is 4. The molecule has 1 unspecified atom stereocenters. The Morgan fingerprint density at radius 1 is 0.783 bits per heavy atom. The van der Waals surface area contributed by atoms with E-state index in [0.29, 0.717) is 10.6 Å². The Balaban J connectivity index is 1.97. The van der Waals surface area contributed by atoms with Crippen molar-refractivity contribution in [2.24, 2.45) is 0 Å². The number of benzene rings is 3. The first-order chi connectivity index (χ1) is 11.3. The molecule has 23 heavy (non-hydrogen) atoms. The molecule has 0 saturated carbocycles. The summed E-state index contributed by atoms with van der Waals surface area (Å²) in [5.74, 6) is -0.126. The molecule has 0 heterocycles. The maximum absolute atomic E-state index is 12.6. The monoisotopic (exact) mass is 321 g/mol. The molecule has 0 spiro atoms. The van der Waals surface area contributed by atoms with Crippen molar-refractivity contribution in [1.82, 2.24) is 5.32 Å². The average Bonchev–Trinajstić information content (AvgIpc) is 2.62. The van der Waals surface area contributed by atoms with E-state index in [1.807, 2.05) is 72.8 Å². The van der Waals surface area contributed by atoms with Gasteiger partial charge in [0.25, 0.3) is 5.91 Å². The molecular weight excluding hydrogens is 306 g/mol. The molecule has 3 aromatic rings. The van der Waals surface area contributed by atoms with Crippen molar-refractivity contribution in [2.75, 3.05) is 0 Å². The molecule has 114 valence electrons. The highest BCUT2D eigenvalue weighted by atomic mass is 35.5. The fourth-order valence-electron chi connectivity index (χ4n) is 2.50. The molecule has 0 aliphatic heterocycles. The van der Waals surface area contributed by atoms with Gasteiger partial charge in [-0.1, -0.05) is 78.3 Å². The highest BCUT2D eigenvalue weighted by molar-refractivity contribution is 6.31. The van der Waals surface area contributed by atoms with Crippen LogP contribution in [0.2, 0.25) is 5.02 Å². The lowest BCUT2D eigenvalue weighted by atomic mass is 9.98. The van der Waals surface area contributed by atoms with Crippen LogP contribution in [0.3, 0.4) is 0 Å². The minimum atomic E-state index is -0.294. The maximum atomic E-state index is 12.6. The van der Waals surface area contributed by atoms with E-state index in [2.05, 4.69) is 5.32 Å². The molecule has 0 saturated heterocycles. The number of carbonyl (C=O) groups is 1. The van der Waals surface area contributed by atoms with E-state index < -0.39 is 0 Å². The van der Waals surface area contributed by atoms with Crippen LogP contribution in [0.25, 0.3) is 0 Å². The Labute approximate surface area is 140 Å². The van der Waals surface area contributed by atoms with Crippen molar-refractivity contribution in [3.05, 3.63) is 107 Å². The summed E-state index contributed by atoms with van der Waals surface area (Å²) in [5, 5.41) is 3.72. The van der Waals surface area contributed by atoms with Gasteiger partial charge < -0.3 is 5.32 Å². The molecule has 2 nitrogen and oxygen atoms in total. The van der Waals surface area contributed by atoms with Crippen LogP contribution in [-0.2, 0) is 0 Å². The largest absolute Gasteiger partial charge is 0.341 e. The lowest BCUT2D eigenvalue weighted by Crippen LogP contribution is -2.29. The first-order valence-corrected chi connectivity index (χ1v) is 7.79. The molecule has 0 fully saturated rings. The molecule has 0 aliphatic rings. The molecule has 3 aromatic carbocycles. The van der Waals surface area contributed by atoms with Gasteiger partial charge in [-0.15, -0.1) is 0 Å². The van der Waals surface area contributed by atoms with Gasteiger partial charge in [0, 0.05) is 10.6 Å². The van der Waals surface area contributed by atoms with Gasteiger partial charge in [-0.05, 0) is 29.3 Å². The third-order valence-corrected chi connectivity index (χ3v) is 4.00. The fourth-order valence-corrected chi connectivity index (χ4v) is 2.74. The Hall–Kier alpha value is -2.58. The summed E-state index contributed by atoms with van der Waals surface area (Å²) in [6, 6.07) is 26.3. The average molecular weight is 322 g/mol. The van der Waals surface area contributed by atoms with Crippen molar-refractivity contribution in [2.45, 2.75) is 6.04 Å². The number of nitrogens with one attached hydrogen (secondary N) is 1. The van der Waals surface area contributed by atoms with E-state index in [1.165, 1.54) is 0 Å². The highest BCUT2D eigenvalue weighted by Crippen LogP contribution is 2.28. The molecule has 1 atom stereocenters. The smallest absolute Gasteiger partial charge is 0.252 e. The van der Waals surface area contributed by atoms with E-state index >= 15 is 0 Å². The number of hydrogen-bond donors (Lipinski definition) is 1. The summed E-state index contributed by atoms with van der Waals surface area (Å²) < 4.78 is 0. The van der Waals surface area contributed by atoms with E-state index in [4.69, 9.17) is 11.6 Å². The van der Waals surface area contributed by atoms with Crippen LogP contribution in [0.1, 0.15) is 27.5 Å². The van der Waals surface area contributed by atoms with Gasteiger partial charge in [0.2, 0.25) is 0 Å². The molecule has 0 aliphatic carbocycles. The zero-order chi connectivity index (χ0) is 16.1. The topological polar surface area (TPSA) is 29.1 Å². The van der Waals surface area contributed by atoms with Gasteiger partial charge in [-0.25, -0.2) is 0 Å². The second kappa shape index (κ2) is 7.12. The Morgan fingerprint density at radius 3 is 2.00 bits per heavy atom. The molecule has 0 bridgehead atoms. The Bertz CT molecular complexity index is 787. The number of amides is 1. The summed E-state index contributed by atoms with van der Waals surface area (Å²) in [7, 11) is 0. The fraction of sp³-hybridized carbons (Fsp3) is 0.0500. The summed E-state index contributed by atoms with van der Waals surface area (Å²) >= 11 is 6.35. The molecular formula is C20H16ClNO. The van der Waals surface area contributed by atoms with Crippen molar-refractivity contribution in [3.63, 3.8) is 0 Å². The van der Waals surface area contributed by atoms with Crippen LogP contribution in [0.5, 0.6) is 0 Å². The summed E-state index contributed by atoms with van der Waals surface area (Å²) in [5.41, 5.74) is 2.50. The first-order valence-electron chi connectivity index (χ1n) is 7.41. The van der Waals surface area contributed by atoms with Gasteiger partial charge in [0.05, 0.1) is 6.04 Å². The number of hydrogen-bond acceptors (Lipinski definition) is 1. The normalized spacial score (nSPS) is 11.7. The van der Waals surface area contributed by atoms with E-state index in [1.54, 1.807) is 12.1 Å². The van der Waals surface area contributed by atoms with Crippen molar-refractivity contribution >= 4 is 17.5 Å². The number of halogens is 1. The van der Waals surface area contributed by atoms with Crippen molar-refractivity contribution in [3.8, 4) is 0 Å². The van der Waals surface area contributed by atoms with E-state index in [0.717, 1.165) is 11.1 Å². The van der Waals surface area contributed by atoms with Crippen molar-refractivity contribution < 1.29 is 4.79 Å². The summed E-state index contributed by atoms with van der Waals surface area (Å²) in [6.45, 7) is 0.